The molecule has 2 aromatic rings. The van der Waals surface area contributed by atoms with E-state index in [-0.39, 0.29) is 23.7 Å². The van der Waals surface area contributed by atoms with E-state index < -0.39 is 5.91 Å². The maximum Gasteiger partial charge on any atom is 0.273 e. The quantitative estimate of drug-likeness (QED) is 0.878. The van der Waals surface area contributed by atoms with Crippen molar-refractivity contribution < 1.29 is 9.59 Å². The zero-order valence-corrected chi connectivity index (χ0v) is 12.8. The van der Waals surface area contributed by atoms with Crippen LogP contribution in [0, 0.1) is 0 Å². The molecule has 0 atom stereocenters. The van der Waals surface area contributed by atoms with Crippen molar-refractivity contribution in [3.05, 3.63) is 42.2 Å². The van der Waals surface area contributed by atoms with Gasteiger partial charge in [0.15, 0.2) is 5.69 Å². The second-order valence-electron chi connectivity index (χ2n) is 5.86. The Labute approximate surface area is 128 Å². The van der Waals surface area contributed by atoms with E-state index in [1.165, 1.54) is 10.9 Å². The molecule has 1 heterocycles. The van der Waals surface area contributed by atoms with Crippen LogP contribution >= 0.6 is 0 Å². The molecule has 22 heavy (non-hydrogen) atoms. The van der Waals surface area contributed by atoms with Crippen LogP contribution in [0.2, 0.25) is 0 Å². The van der Waals surface area contributed by atoms with Gasteiger partial charge in [0.25, 0.3) is 5.91 Å². The van der Waals surface area contributed by atoms with Gasteiger partial charge in [0.05, 0.1) is 18.4 Å². The number of nitrogens with zero attached hydrogens (tertiary/aromatic N) is 3. The first-order chi connectivity index (χ1) is 10.3. The van der Waals surface area contributed by atoms with E-state index in [2.05, 4.69) is 20.9 Å². The Morgan fingerprint density at radius 3 is 2.50 bits per heavy atom. The largest absolute Gasteiger partial charge is 0.350 e. The minimum atomic E-state index is -0.439. The van der Waals surface area contributed by atoms with Gasteiger partial charge >= 0.3 is 0 Å². The summed E-state index contributed by atoms with van der Waals surface area (Å²) in [6.45, 7) is 5.52. The summed E-state index contributed by atoms with van der Waals surface area (Å²) in [6.07, 6.45) is 1.52. The van der Waals surface area contributed by atoms with Gasteiger partial charge in [-0.15, -0.1) is 5.10 Å². The molecule has 0 aliphatic carbocycles. The number of aromatic nitrogens is 3. The first-order valence-corrected chi connectivity index (χ1v) is 6.92. The lowest BCUT2D eigenvalue weighted by molar-refractivity contribution is -0.121. The summed E-state index contributed by atoms with van der Waals surface area (Å²) in [5.74, 6) is -0.692. The van der Waals surface area contributed by atoms with Gasteiger partial charge in [-0.2, -0.15) is 0 Å². The van der Waals surface area contributed by atoms with E-state index in [4.69, 9.17) is 0 Å². The van der Waals surface area contributed by atoms with Gasteiger partial charge < -0.3 is 10.6 Å². The van der Waals surface area contributed by atoms with E-state index in [9.17, 15) is 9.59 Å². The second kappa shape index (κ2) is 6.38. The molecule has 2 N–H and O–H groups in total. The number of carbonyl (C=O) groups excluding carboxylic acids is 2. The lowest BCUT2D eigenvalue weighted by Crippen LogP contribution is -2.45. The van der Waals surface area contributed by atoms with Crippen molar-refractivity contribution in [1.29, 1.82) is 0 Å². The first-order valence-electron chi connectivity index (χ1n) is 6.92. The molecule has 1 aromatic heterocycles. The van der Waals surface area contributed by atoms with Crippen LogP contribution in [0.25, 0.3) is 5.69 Å². The summed E-state index contributed by atoms with van der Waals surface area (Å²) < 4.78 is 1.50. The minimum Gasteiger partial charge on any atom is -0.350 e. The molecule has 0 aliphatic heterocycles. The molecule has 0 fully saturated rings. The second-order valence-corrected chi connectivity index (χ2v) is 5.86. The van der Waals surface area contributed by atoms with Crippen LogP contribution in [-0.2, 0) is 4.79 Å². The Morgan fingerprint density at radius 2 is 1.86 bits per heavy atom. The van der Waals surface area contributed by atoms with Gasteiger partial charge in [0.2, 0.25) is 5.91 Å². The van der Waals surface area contributed by atoms with Crippen molar-refractivity contribution in [2.75, 3.05) is 6.54 Å². The van der Waals surface area contributed by atoms with Gasteiger partial charge in [-0.25, -0.2) is 4.68 Å². The van der Waals surface area contributed by atoms with E-state index >= 15 is 0 Å². The van der Waals surface area contributed by atoms with Crippen molar-refractivity contribution in [3.63, 3.8) is 0 Å². The van der Waals surface area contributed by atoms with Gasteiger partial charge in [0, 0.05) is 5.54 Å². The molecule has 0 bridgehead atoms. The van der Waals surface area contributed by atoms with Gasteiger partial charge in [-0.1, -0.05) is 23.4 Å². The summed E-state index contributed by atoms with van der Waals surface area (Å²) in [5, 5.41) is 13.0. The molecule has 0 unspecified atom stereocenters. The van der Waals surface area contributed by atoms with Crippen LogP contribution in [-0.4, -0.2) is 38.9 Å². The normalized spacial score (nSPS) is 11.0. The standard InChI is InChI=1S/C15H19N5O2/c1-15(2,3)17-13(21)9-16-14(22)12-10-20(19-18-12)11-7-5-4-6-8-11/h4-8,10H,9H2,1-3H3,(H,16,22)(H,17,21). The molecule has 0 saturated carbocycles. The molecule has 0 spiro atoms. The third-order valence-electron chi connectivity index (χ3n) is 2.67. The molecule has 0 saturated heterocycles. The predicted molar refractivity (Wildman–Crippen MR) is 81.6 cm³/mol. The smallest absolute Gasteiger partial charge is 0.273 e. The van der Waals surface area contributed by atoms with Crippen LogP contribution < -0.4 is 10.6 Å². The van der Waals surface area contributed by atoms with Crippen molar-refractivity contribution >= 4 is 11.8 Å². The number of hydrogen-bond donors (Lipinski definition) is 2. The monoisotopic (exact) mass is 301 g/mol. The number of benzene rings is 1. The van der Waals surface area contributed by atoms with E-state index in [1.807, 2.05) is 51.1 Å². The molecule has 1 aromatic carbocycles. The molecule has 116 valence electrons. The average molecular weight is 301 g/mol. The van der Waals surface area contributed by atoms with E-state index in [0.29, 0.717) is 0 Å². The van der Waals surface area contributed by atoms with E-state index in [0.717, 1.165) is 5.69 Å². The van der Waals surface area contributed by atoms with Gasteiger partial charge in [0.1, 0.15) is 0 Å². The lowest BCUT2D eigenvalue weighted by atomic mass is 10.1. The summed E-state index contributed by atoms with van der Waals surface area (Å²) in [4.78, 5) is 23.6. The highest BCUT2D eigenvalue weighted by Gasteiger charge is 2.16. The Morgan fingerprint density at radius 1 is 1.18 bits per heavy atom. The predicted octanol–water partition coefficient (Wildman–Crippen LogP) is 0.912. The molecule has 7 nitrogen and oxygen atoms in total. The molecule has 7 heteroatoms. The fraction of sp³-hybridized carbons (Fsp3) is 0.333. The molecule has 0 radical (unpaired) electrons. The average Bonchev–Trinajstić information content (AvgIpc) is 2.94. The van der Waals surface area contributed by atoms with Crippen LogP contribution in [0.5, 0.6) is 0 Å². The highest BCUT2D eigenvalue weighted by atomic mass is 16.2. The first kappa shape index (κ1) is 15.7. The number of nitrogens with one attached hydrogen (secondary N) is 2. The fourth-order valence-corrected chi connectivity index (χ4v) is 1.79. The van der Waals surface area contributed by atoms with Crippen molar-refractivity contribution in [2.45, 2.75) is 26.3 Å². The Balaban J connectivity index is 1.94. The van der Waals surface area contributed by atoms with Crippen LogP contribution in [0.15, 0.2) is 36.5 Å². The van der Waals surface area contributed by atoms with Crippen molar-refractivity contribution in [2.24, 2.45) is 0 Å². The fourth-order valence-electron chi connectivity index (χ4n) is 1.79. The molecule has 0 aliphatic rings. The molecular formula is C15H19N5O2. The number of amides is 2. The number of para-hydroxylation sites is 1. The van der Waals surface area contributed by atoms with Crippen LogP contribution in [0.1, 0.15) is 31.3 Å². The zero-order valence-electron chi connectivity index (χ0n) is 12.8. The number of carbonyl (C=O) groups is 2. The number of hydrogen-bond acceptors (Lipinski definition) is 4. The molecule has 2 rings (SSSR count). The van der Waals surface area contributed by atoms with Crippen molar-refractivity contribution in [3.8, 4) is 5.69 Å². The highest BCUT2D eigenvalue weighted by Crippen LogP contribution is 2.05. The third kappa shape index (κ3) is 4.41. The zero-order chi connectivity index (χ0) is 16.2. The Bertz CT molecular complexity index is 658. The van der Waals surface area contributed by atoms with E-state index in [1.54, 1.807) is 0 Å². The molecular weight excluding hydrogens is 282 g/mol. The lowest BCUT2D eigenvalue weighted by Gasteiger charge is -2.20. The highest BCUT2D eigenvalue weighted by molar-refractivity contribution is 5.94. The van der Waals surface area contributed by atoms with Crippen molar-refractivity contribution in [1.82, 2.24) is 25.6 Å². The SMILES string of the molecule is CC(C)(C)NC(=O)CNC(=O)c1cn(-c2ccccc2)nn1. The molecule has 2 amide bonds. The summed E-state index contributed by atoms with van der Waals surface area (Å²) in [5.41, 5.74) is 0.630. The van der Waals surface area contributed by atoms with Crippen LogP contribution in [0.4, 0.5) is 0 Å². The van der Waals surface area contributed by atoms with Gasteiger partial charge in [-0.3, -0.25) is 9.59 Å². The van der Waals surface area contributed by atoms with Crippen LogP contribution in [0.3, 0.4) is 0 Å². The van der Waals surface area contributed by atoms with Gasteiger partial charge in [-0.05, 0) is 32.9 Å². The third-order valence-corrected chi connectivity index (χ3v) is 2.67. The number of rotatable bonds is 4. The maximum absolute atomic E-state index is 12.0. The topological polar surface area (TPSA) is 88.9 Å². The minimum absolute atomic E-state index is 0.103. The Hall–Kier alpha value is -2.70. The summed E-state index contributed by atoms with van der Waals surface area (Å²) >= 11 is 0. The summed E-state index contributed by atoms with van der Waals surface area (Å²) in [7, 11) is 0. The summed E-state index contributed by atoms with van der Waals surface area (Å²) in [6, 6.07) is 9.34. The Kier molecular flexibility index (Phi) is 4.55. The maximum atomic E-state index is 12.0.